The third kappa shape index (κ3) is 3.22. The fourth-order valence-electron chi connectivity index (χ4n) is 2.29. The lowest BCUT2D eigenvalue weighted by Gasteiger charge is -2.38. The Bertz CT molecular complexity index is 474. The van der Waals surface area contributed by atoms with Crippen LogP contribution in [0.2, 0.25) is 0 Å². The molecule has 1 aromatic rings. The van der Waals surface area contributed by atoms with E-state index in [1.165, 1.54) is 0 Å². The van der Waals surface area contributed by atoms with Crippen molar-refractivity contribution in [2.75, 3.05) is 33.4 Å². The topological polar surface area (TPSA) is 50.8 Å². The number of benzene rings is 1. The zero-order chi connectivity index (χ0) is 14.6. The van der Waals surface area contributed by atoms with Crippen LogP contribution in [-0.4, -0.2) is 49.7 Å². The van der Waals surface area contributed by atoms with E-state index in [-0.39, 0.29) is 5.91 Å². The highest BCUT2D eigenvalue weighted by Crippen LogP contribution is 2.25. The number of hydrogen-bond donors (Lipinski definition) is 1. The van der Waals surface area contributed by atoms with E-state index in [1.807, 2.05) is 43.0 Å². The zero-order valence-electron chi connectivity index (χ0n) is 12.3. The SMILES string of the molecule is COc1ccccc1OCCN1CCNC(C)(C)C1=O. The average Bonchev–Trinajstić information content (AvgIpc) is 2.44. The van der Waals surface area contributed by atoms with Crippen LogP contribution < -0.4 is 14.8 Å². The largest absolute Gasteiger partial charge is 0.493 e. The fraction of sp³-hybridized carbons (Fsp3) is 0.533. The number of ether oxygens (including phenoxy) is 2. The number of methoxy groups -OCH3 is 1. The van der Waals surface area contributed by atoms with Crippen LogP contribution in [0.3, 0.4) is 0 Å². The molecule has 1 N–H and O–H groups in total. The molecule has 1 fully saturated rings. The molecule has 20 heavy (non-hydrogen) atoms. The van der Waals surface area contributed by atoms with Gasteiger partial charge in [-0.1, -0.05) is 12.1 Å². The van der Waals surface area contributed by atoms with Gasteiger partial charge in [-0.3, -0.25) is 4.79 Å². The number of piperazine rings is 1. The van der Waals surface area contributed by atoms with Crippen LogP contribution in [0.25, 0.3) is 0 Å². The summed E-state index contributed by atoms with van der Waals surface area (Å²) in [6.07, 6.45) is 0. The van der Waals surface area contributed by atoms with Crippen molar-refractivity contribution in [3.05, 3.63) is 24.3 Å². The molecule has 1 amide bonds. The Hall–Kier alpha value is -1.75. The summed E-state index contributed by atoms with van der Waals surface area (Å²) in [7, 11) is 1.62. The normalized spacial score (nSPS) is 17.9. The minimum atomic E-state index is -0.483. The Labute approximate surface area is 119 Å². The number of para-hydroxylation sites is 2. The van der Waals surface area contributed by atoms with Crippen molar-refractivity contribution in [2.24, 2.45) is 0 Å². The molecule has 0 aromatic heterocycles. The minimum Gasteiger partial charge on any atom is -0.493 e. The van der Waals surface area contributed by atoms with Gasteiger partial charge in [-0.05, 0) is 26.0 Å². The van der Waals surface area contributed by atoms with Gasteiger partial charge in [-0.15, -0.1) is 0 Å². The summed E-state index contributed by atoms with van der Waals surface area (Å²) < 4.78 is 10.9. The summed E-state index contributed by atoms with van der Waals surface area (Å²) >= 11 is 0. The lowest BCUT2D eigenvalue weighted by Crippen LogP contribution is -2.61. The first kappa shape index (κ1) is 14.7. The summed E-state index contributed by atoms with van der Waals surface area (Å²) in [5, 5.41) is 3.21. The molecule has 110 valence electrons. The Morgan fingerprint density at radius 3 is 2.70 bits per heavy atom. The Balaban J connectivity index is 1.88. The molecule has 0 radical (unpaired) electrons. The molecule has 0 saturated carbocycles. The quantitative estimate of drug-likeness (QED) is 0.881. The van der Waals surface area contributed by atoms with Crippen LogP contribution in [0.1, 0.15) is 13.8 Å². The number of nitrogens with zero attached hydrogens (tertiary/aromatic N) is 1. The van der Waals surface area contributed by atoms with Gasteiger partial charge in [0, 0.05) is 13.1 Å². The van der Waals surface area contributed by atoms with Crippen LogP contribution in [0.5, 0.6) is 11.5 Å². The lowest BCUT2D eigenvalue weighted by molar-refractivity contribution is -0.140. The summed E-state index contributed by atoms with van der Waals surface area (Å²) in [5.74, 6) is 1.53. The van der Waals surface area contributed by atoms with Crippen molar-refractivity contribution in [2.45, 2.75) is 19.4 Å². The first-order valence-corrected chi connectivity index (χ1v) is 6.85. The van der Waals surface area contributed by atoms with Crippen LogP contribution in [0.4, 0.5) is 0 Å². The fourth-order valence-corrected chi connectivity index (χ4v) is 2.29. The first-order valence-electron chi connectivity index (χ1n) is 6.85. The van der Waals surface area contributed by atoms with Gasteiger partial charge in [0.05, 0.1) is 19.2 Å². The van der Waals surface area contributed by atoms with Crippen molar-refractivity contribution >= 4 is 5.91 Å². The maximum absolute atomic E-state index is 12.2. The molecule has 0 atom stereocenters. The Kier molecular flexibility index (Phi) is 4.49. The maximum atomic E-state index is 12.2. The van der Waals surface area contributed by atoms with Crippen LogP contribution in [0, 0.1) is 0 Å². The number of carbonyl (C=O) groups excluding carboxylic acids is 1. The zero-order valence-corrected chi connectivity index (χ0v) is 12.3. The lowest BCUT2D eigenvalue weighted by atomic mass is 10.0. The molecule has 0 bridgehead atoms. The van der Waals surface area contributed by atoms with Gasteiger partial charge in [0.2, 0.25) is 5.91 Å². The number of amides is 1. The van der Waals surface area contributed by atoms with E-state index < -0.39 is 5.54 Å². The smallest absolute Gasteiger partial charge is 0.242 e. The monoisotopic (exact) mass is 278 g/mol. The van der Waals surface area contributed by atoms with E-state index in [0.717, 1.165) is 13.1 Å². The summed E-state index contributed by atoms with van der Waals surface area (Å²) in [5.41, 5.74) is -0.483. The van der Waals surface area contributed by atoms with Gasteiger partial charge in [0.25, 0.3) is 0 Å². The molecule has 1 aromatic carbocycles. The highest BCUT2D eigenvalue weighted by Gasteiger charge is 2.34. The van der Waals surface area contributed by atoms with Gasteiger partial charge in [-0.25, -0.2) is 0 Å². The standard InChI is InChI=1S/C15H22N2O3/c1-15(2)14(18)17(9-8-16-15)10-11-20-13-7-5-4-6-12(13)19-3/h4-7,16H,8-11H2,1-3H3. The van der Waals surface area contributed by atoms with Gasteiger partial charge in [0.1, 0.15) is 6.61 Å². The maximum Gasteiger partial charge on any atom is 0.242 e. The van der Waals surface area contributed by atoms with E-state index in [4.69, 9.17) is 9.47 Å². The third-order valence-electron chi connectivity index (χ3n) is 3.46. The minimum absolute atomic E-state index is 0.118. The van der Waals surface area contributed by atoms with Crippen LogP contribution in [0.15, 0.2) is 24.3 Å². The molecule has 0 aliphatic carbocycles. The molecular weight excluding hydrogens is 256 g/mol. The highest BCUT2D eigenvalue weighted by atomic mass is 16.5. The third-order valence-corrected chi connectivity index (χ3v) is 3.46. The average molecular weight is 278 g/mol. The van der Waals surface area contributed by atoms with Crippen molar-refractivity contribution in [3.8, 4) is 11.5 Å². The van der Waals surface area contributed by atoms with E-state index in [9.17, 15) is 4.79 Å². The Morgan fingerprint density at radius 1 is 1.30 bits per heavy atom. The van der Waals surface area contributed by atoms with Crippen LogP contribution in [-0.2, 0) is 4.79 Å². The molecular formula is C15H22N2O3. The van der Waals surface area contributed by atoms with Crippen molar-refractivity contribution in [1.82, 2.24) is 10.2 Å². The van der Waals surface area contributed by atoms with Gasteiger partial charge >= 0.3 is 0 Å². The second-order valence-electron chi connectivity index (χ2n) is 5.34. The summed E-state index contributed by atoms with van der Waals surface area (Å²) in [6, 6.07) is 7.52. The number of hydrogen-bond acceptors (Lipinski definition) is 4. The molecule has 1 heterocycles. The first-order chi connectivity index (χ1) is 9.54. The molecule has 0 unspecified atom stereocenters. The second-order valence-corrected chi connectivity index (χ2v) is 5.34. The number of nitrogens with one attached hydrogen (secondary N) is 1. The van der Waals surface area contributed by atoms with E-state index in [2.05, 4.69) is 5.32 Å². The molecule has 1 saturated heterocycles. The van der Waals surface area contributed by atoms with Crippen LogP contribution >= 0.6 is 0 Å². The molecule has 2 rings (SSSR count). The van der Waals surface area contributed by atoms with E-state index in [0.29, 0.717) is 24.7 Å². The molecule has 1 aliphatic heterocycles. The Morgan fingerprint density at radius 2 is 2.00 bits per heavy atom. The van der Waals surface area contributed by atoms with E-state index in [1.54, 1.807) is 7.11 Å². The highest BCUT2D eigenvalue weighted by molar-refractivity contribution is 5.86. The summed E-state index contributed by atoms with van der Waals surface area (Å²) in [4.78, 5) is 14.0. The van der Waals surface area contributed by atoms with Crippen molar-refractivity contribution < 1.29 is 14.3 Å². The van der Waals surface area contributed by atoms with E-state index >= 15 is 0 Å². The predicted octanol–water partition coefficient (Wildman–Crippen LogP) is 1.28. The number of carbonyl (C=O) groups is 1. The molecule has 5 heteroatoms. The summed E-state index contributed by atoms with van der Waals surface area (Å²) in [6.45, 7) is 6.39. The predicted molar refractivity (Wildman–Crippen MR) is 77.2 cm³/mol. The van der Waals surface area contributed by atoms with Gasteiger partial charge in [-0.2, -0.15) is 0 Å². The molecule has 5 nitrogen and oxygen atoms in total. The van der Waals surface area contributed by atoms with Crippen molar-refractivity contribution in [1.29, 1.82) is 0 Å². The second kappa shape index (κ2) is 6.13. The van der Waals surface area contributed by atoms with Gasteiger partial charge < -0.3 is 19.7 Å². The number of rotatable bonds is 5. The van der Waals surface area contributed by atoms with Gasteiger partial charge in [0.15, 0.2) is 11.5 Å². The van der Waals surface area contributed by atoms with Crippen molar-refractivity contribution in [3.63, 3.8) is 0 Å². The molecule has 0 spiro atoms. The molecule has 1 aliphatic rings.